The smallest absolute Gasteiger partial charge is 0.242 e. The Kier molecular flexibility index (Phi) is 8.06. The van der Waals surface area contributed by atoms with E-state index in [1.54, 1.807) is 4.90 Å². The van der Waals surface area contributed by atoms with Gasteiger partial charge in [0.05, 0.1) is 0 Å². The average molecular weight is 340 g/mol. The third-order valence-electron chi connectivity index (χ3n) is 3.96. The van der Waals surface area contributed by atoms with Crippen LogP contribution in [0.25, 0.3) is 0 Å². The number of likely N-dealkylation sites (N-methyl/N-ethyl adjacent to an activating group) is 1. The molecule has 6 heteroatoms. The van der Waals surface area contributed by atoms with Crippen molar-refractivity contribution in [3.63, 3.8) is 0 Å². The Morgan fingerprint density at radius 3 is 2.61 bits per heavy atom. The molecule has 2 N–H and O–H groups in total. The van der Waals surface area contributed by atoms with Gasteiger partial charge in [0.1, 0.15) is 6.04 Å². The third kappa shape index (κ3) is 5.52. The second-order valence-electron chi connectivity index (χ2n) is 5.71. The zero-order chi connectivity index (χ0) is 15.9. The Bertz CT molecular complexity index is 519. The number of likely N-dealkylation sites (tertiary alicyclic amines) is 1. The first-order chi connectivity index (χ1) is 10.6. The Morgan fingerprint density at radius 2 is 1.96 bits per heavy atom. The van der Waals surface area contributed by atoms with Crippen molar-refractivity contribution in [1.29, 1.82) is 0 Å². The largest absolute Gasteiger partial charge is 0.353 e. The first kappa shape index (κ1) is 19.5. The van der Waals surface area contributed by atoms with Crippen LogP contribution in [-0.4, -0.2) is 42.4 Å². The fourth-order valence-electron chi connectivity index (χ4n) is 2.66. The monoisotopic (exact) mass is 339 g/mol. The number of hydrogen-bond acceptors (Lipinski definition) is 3. The number of amides is 2. The number of carbonyl (C=O) groups excluding carboxylic acids is 2. The Labute approximate surface area is 144 Å². The summed E-state index contributed by atoms with van der Waals surface area (Å²) in [6.07, 6.45) is 1.06. The van der Waals surface area contributed by atoms with E-state index in [4.69, 9.17) is 0 Å². The molecule has 23 heavy (non-hydrogen) atoms. The van der Waals surface area contributed by atoms with Crippen molar-refractivity contribution in [3.05, 3.63) is 35.4 Å². The van der Waals surface area contributed by atoms with Gasteiger partial charge in [-0.2, -0.15) is 0 Å². The number of halogens is 1. The molecule has 2 amide bonds. The van der Waals surface area contributed by atoms with E-state index in [0.29, 0.717) is 25.9 Å². The van der Waals surface area contributed by atoms with Gasteiger partial charge < -0.3 is 15.5 Å². The first-order valence-electron chi connectivity index (χ1n) is 7.95. The van der Waals surface area contributed by atoms with Crippen LogP contribution in [0.5, 0.6) is 0 Å². The predicted octanol–water partition coefficient (Wildman–Crippen LogP) is 1.63. The minimum Gasteiger partial charge on any atom is -0.353 e. The van der Waals surface area contributed by atoms with E-state index in [-0.39, 0.29) is 30.3 Å². The minimum absolute atomic E-state index is 0. The number of benzene rings is 1. The van der Waals surface area contributed by atoms with Crippen molar-refractivity contribution < 1.29 is 9.59 Å². The van der Waals surface area contributed by atoms with Crippen molar-refractivity contribution >= 4 is 24.2 Å². The predicted molar refractivity (Wildman–Crippen MR) is 93.6 cm³/mol. The minimum atomic E-state index is -0.338. The molecular formula is C17H26ClN3O2. The Balaban J connectivity index is 0.00000264. The molecular weight excluding hydrogens is 314 g/mol. The molecule has 0 spiro atoms. The fourth-order valence-corrected chi connectivity index (χ4v) is 2.66. The van der Waals surface area contributed by atoms with Gasteiger partial charge in [0, 0.05) is 26.1 Å². The highest BCUT2D eigenvalue weighted by Crippen LogP contribution is 2.21. The molecule has 0 saturated carbocycles. The van der Waals surface area contributed by atoms with E-state index < -0.39 is 0 Å². The van der Waals surface area contributed by atoms with Crippen molar-refractivity contribution in [2.75, 3.05) is 19.6 Å². The molecule has 1 fully saturated rings. The van der Waals surface area contributed by atoms with Crippen LogP contribution >= 0.6 is 12.4 Å². The van der Waals surface area contributed by atoms with Gasteiger partial charge in [0.25, 0.3) is 0 Å². The van der Waals surface area contributed by atoms with Gasteiger partial charge in [-0.05, 0) is 25.5 Å². The summed E-state index contributed by atoms with van der Waals surface area (Å²) in [5.41, 5.74) is 2.25. The lowest BCUT2D eigenvalue weighted by molar-refractivity contribution is -0.135. The molecule has 0 aliphatic carbocycles. The lowest BCUT2D eigenvalue weighted by atomic mass is 10.1. The van der Waals surface area contributed by atoms with Crippen molar-refractivity contribution in [3.8, 4) is 0 Å². The van der Waals surface area contributed by atoms with Crippen LogP contribution in [0.2, 0.25) is 0 Å². The van der Waals surface area contributed by atoms with Crippen LogP contribution in [0.3, 0.4) is 0 Å². The van der Waals surface area contributed by atoms with Crippen molar-refractivity contribution in [1.82, 2.24) is 15.5 Å². The van der Waals surface area contributed by atoms with Crippen LogP contribution in [-0.2, 0) is 16.1 Å². The summed E-state index contributed by atoms with van der Waals surface area (Å²) in [5.74, 6) is 0.0169. The second-order valence-corrected chi connectivity index (χ2v) is 5.71. The summed E-state index contributed by atoms with van der Waals surface area (Å²) in [4.78, 5) is 26.0. The van der Waals surface area contributed by atoms with Crippen LogP contribution < -0.4 is 10.6 Å². The maximum Gasteiger partial charge on any atom is 0.242 e. The normalized spacial score (nSPS) is 17.0. The van der Waals surface area contributed by atoms with Crippen molar-refractivity contribution in [2.24, 2.45) is 0 Å². The summed E-state index contributed by atoms with van der Waals surface area (Å²) >= 11 is 0. The second kappa shape index (κ2) is 9.53. The van der Waals surface area contributed by atoms with Gasteiger partial charge in [0.2, 0.25) is 11.8 Å². The third-order valence-corrected chi connectivity index (χ3v) is 3.96. The zero-order valence-corrected chi connectivity index (χ0v) is 14.6. The SMILES string of the molecule is CCNCCNC(=O)C1CCC(=O)N1Cc1ccc(C)cc1.Cl. The van der Waals surface area contributed by atoms with Gasteiger partial charge in [-0.15, -0.1) is 12.4 Å². The summed E-state index contributed by atoms with van der Waals surface area (Å²) in [6, 6.07) is 7.75. The van der Waals surface area contributed by atoms with E-state index in [1.807, 2.05) is 38.1 Å². The number of rotatable bonds is 7. The van der Waals surface area contributed by atoms with Crippen molar-refractivity contribution in [2.45, 2.75) is 39.3 Å². The van der Waals surface area contributed by atoms with Crippen LogP contribution in [0, 0.1) is 6.92 Å². The molecule has 1 aliphatic heterocycles. The molecule has 0 radical (unpaired) electrons. The Morgan fingerprint density at radius 1 is 1.26 bits per heavy atom. The number of carbonyl (C=O) groups is 2. The molecule has 0 aromatic heterocycles. The van der Waals surface area contributed by atoms with E-state index in [0.717, 1.165) is 18.7 Å². The van der Waals surface area contributed by atoms with Crippen LogP contribution in [0.15, 0.2) is 24.3 Å². The molecule has 1 aromatic rings. The van der Waals surface area contributed by atoms with Crippen LogP contribution in [0.4, 0.5) is 0 Å². The molecule has 0 bridgehead atoms. The van der Waals surface area contributed by atoms with Gasteiger partial charge in [0.15, 0.2) is 0 Å². The van der Waals surface area contributed by atoms with E-state index in [1.165, 1.54) is 5.56 Å². The summed E-state index contributed by atoms with van der Waals surface area (Å²) in [6.45, 7) is 6.80. The van der Waals surface area contributed by atoms with Gasteiger partial charge >= 0.3 is 0 Å². The molecule has 1 aliphatic rings. The molecule has 2 rings (SSSR count). The maximum atomic E-state index is 12.3. The van der Waals surface area contributed by atoms with Gasteiger partial charge in [-0.3, -0.25) is 9.59 Å². The number of hydrogen-bond donors (Lipinski definition) is 2. The van der Waals surface area contributed by atoms with E-state index >= 15 is 0 Å². The summed E-state index contributed by atoms with van der Waals surface area (Å²) in [5, 5.41) is 6.07. The highest BCUT2D eigenvalue weighted by molar-refractivity contribution is 5.90. The molecule has 1 aromatic carbocycles. The maximum absolute atomic E-state index is 12.3. The first-order valence-corrected chi connectivity index (χ1v) is 7.95. The lowest BCUT2D eigenvalue weighted by Gasteiger charge is -2.24. The average Bonchev–Trinajstić information content (AvgIpc) is 2.87. The number of nitrogens with zero attached hydrogens (tertiary/aromatic N) is 1. The highest BCUT2D eigenvalue weighted by atomic mass is 35.5. The van der Waals surface area contributed by atoms with Gasteiger partial charge in [-0.25, -0.2) is 0 Å². The van der Waals surface area contributed by atoms with Gasteiger partial charge in [-0.1, -0.05) is 36.8 Å². The van der Waals surface area contributed by atoms with E-state index in [9.17, 15) is 9.59 Å². The topological polar surface area (TPSA) is 61.4 Å². The number of nitrogens with one attached hydrogen (secondary N) is 2. The standard InChI is InChI=1S/C17H25N3O2.ClH/c1-3-18-10-11-19-17(22)15-8-9-16(21)20(15)12-14-6-4-13(2)5-7-14;/h4-7,15,18H,3,8-12H2,1-2H3,(H,19,22);1H. The van der Waals surface area contributed by atoms with E-state index in [2.05, 4.69) is 10.6 Å². The lowest BCUT2D eigenvalue weighted by Crippen LogP contribution is -2.45. The molecule has 1 heterocycles. The number of aryl methyl sites for hydroxylation is 1. The molecule has 1 unspecified atom stereocenters. The highest BCUT2D eigenvalue weighted by Gasteiger charge is 2.35. The molecule has 5 nitrogen and oxygen atoms in total. The molecule has 128 valence electrons. The fraction of sp³-hybridized carbons (Fsp3) is 0.529. The Hall–Kier alpha value is -1.59. The zero-order valence-electron chi connectivity index (χ0n) is 13.8. The molecule has 1 atom stereocenters. The molecule has 1 saturated heterocycles. The quantitative estimate of drug-likeness (QED) is 0.742. The summed E-state index contributed by atoms with van der Waals surface area (Å²) < 4.78 is 0. The van der Waals surface area contributed by atoms with Crippen LogP contribution in [0.1, 0.15) is 30.9 Å². The summed E-state index contributed by atoms with van der Waals surface area (Å²) in [7, 11) is 0.